The van der Waals surface area contributed by atoms with Crippen molar-refractivity contribution in [3.8, 4) is 0 Å². The van der Waals surface area contributed by atoms with Crippen molar-refractivity contribution in [1.82, 2.24) is 9.88 Å². The van der Waals surface area contributed by atoms with E-state index in [1.54, 1.807) is 0 Å². The molecule has 1 aromatic carbocycles. The lowest BCUT2D eigenvalue weighted by Crippen LogP contribution is -2.49. The lowest BCUT2D eigenvalue weighted by Gasteiger charge is -2.35. The van der Waals surface area contributed by atoms with Gasteiger partial charge in [0.15, 0.2) is 0 Å². The van der Waals surface area contributed by atoms with Gasteiger partial charge >= 0.3 is 0 Å². The van der Waals surface area contributed by atoms with Crippen LogP contribution >= 0.6 is 0 Å². The molecular weight excluding hydrogens is 276 g/mol. The molecule has 1 aliphatic rings. The monoisotopic (exact) mass is 298 g/mol. The average Bonchev–Trinajstić information content (AvgIpc) is 2.59. The first-order valence-corrected chi connectivity index (χ1v) is 7.86. The van der Waals surface area contributed by atoms with Crippen LogP contribution in [-0.2, 0) is 4.79 Å². The van der Waals surface area contributed by atoms with E-state index in [1.807, 2.05) is 23.1 Å². The Morgan fingerprint density at radius 3 is 2.64 bits per heavy atom. The number of pyridine rings is 1. The molecule has 2 heterocycles. The van der Waals surface area contributed by atoms with E-state index in [2.05, 4.69) is 23.1 Å². The Kier molecular flexibility index (Phi) is 4.53. The van der Waals surface area contributed by atoms with Gasteiger partial charge in [-0.3, -0.25) is 4.79 Å². The highest BCUT2D eigenvalue weighted by Gasteiger charge is 2.21. The molecule has 1 fully saturated rings. The van der Waals surface area contributed by atoms with Gasteiger partial charge in [-0.2, -0.15) is 0 Å². The quantitative estimate of drug-likeness (QED) is 0.932. The second-order valence-electron chi connectivity index (χ2n) is 5.62. The van der Waals surface area contributed by atoms with Crippen molar-refractivity contribution in [3.63, 3.8) is 0 Å². The molecule has 3 rings (SSSR count). The lowest BCUT2D eigenvalue weighted by atomic mass is 10.2. The van der Waals surface area contributed by atoms with Crippen molar-refractivity contribution < 1.29 is 4.79 Å². The normalized spacial score (nSPS) is 15.3. The molecule has 0 atom stereocenters. The Morgan fingerprint density at radius 1 is 1.09 bits per heavy atom. The van der Waals surface area contributed by atoms with Crippen LogP contribution in [0.3, 0.4) is 0 Å². The summed E-state index contributed by atoms with van der Waals surface area (Å²) in [6.07, 6.45) is 1.33. The molecule has 116 valence electrons. The first kappa shape index (κ1) is 14.8. The van der Waals surface area contributed by atoms with Gasteiger partial charge in [0.1, 0.15) is 5.82 Å². The van der Waals surface area contributed by atoms with Gasteiger partial charge in [0.25, 0.3) is 0 Å². The fraction of sp³-hybridized carbons (Fsp3) is 0.412. The summed E-state index contributed by atoms with van der Waals surface area (Å²) in [4.78, 5) is 20.9. The molecule has 0 unspecified atom stereocenters. The fourth-order valence-corrected chi connectivity index (χ4v) is 2.83. The molecule has 0 aliphatic carbocycles. The molecule has 1 amide bonds. The maximum Gasteiger partial charge on any atom is 0.222 e. The van der Waals surface area contributed by atoms with Crippen LogP contribution in [-0.4, -0.2) is 48.5 Å². The number of fused-ring (bicyclic) bond motifs is 1. The number of nitrogens with zero attached hydrogens (tertiary/aromatic N) is 3. The van der Waals surface area contributed by atoms with Crippen molar-refractivity contribution in [2.75, 3.05) is 37.6 Å². The Morgan fingerprint density at radius 2 is 1.86 bits per heavy atom. The van der Waals surface area contributed by atoms with Crippen LogP contribution in [0.4, 0.5) is 5.82 Å². The molecule has 2 aromatic rings. The van der Waals surface area contributed by atoms with Crippen molar-refractivity contribution >= 4 is 22.6 Å². The van der Waals surface area contributed by atoms with Crippen molar-refractivity contribution in [2.24, 2.45) is 5.73 Å². The molecule has 0 saturated carbocycles. The molecule has 2 N–H and O–H groups in total. The Bertz CT molecular complexity index is 650. The highest BCUT2D eigenvalue weighted by molar-refractivity contribution is 5.80. The van der Waals surface area contributed by atoms with E-state index < -0.39 is 0 Å². The van der Waals surface area contributed by atoms with Crippen LogP contribution in [0.5, 0.6) is 0 Å². The van der Waals surface area contributed by atoms with E-state index in [0.717, 1.165) is 49.3 Å². The third-order valence-corrected chi connectivity index (χ3v) is 4.13. The zero-order valence-electron chi connectivity index (χ0n) is 12.7. The number of piperazine rings is 1. The second-order valence-corrected chi connectivity index (χ2v) is 5.62. The van der Waals surface area contributed by atoms with Gasteiger partial charge in [0.05, 0.1) is 5.52 Å². The number of hydrogen-bond acceptors (Lipinski definition) is 4. The topological polar surface area (TPSA) is 62.5 Å². The number of carbonyl (C=O) groups excluding carboxylic acids is 1. The third kappa shape index (κ3) is 3.20. The maximum absolute atomic E-state index is 12.0. The summed E-state index contributed by atoms with van der Waals surface area (Å²) in [5.74, 6) is 1.21. The van der Waals surface area contributed by atoms with E-state index in [0.29, 0.717) is 13.0 Å². The van der Waals surface area contributed by atoms with Crippen molar-refractivity contribution in [2.45, 2.75) is 12.8 Å². The molecule has 22 heavy (non-hydrogen) atoms. The van der Waals surface area contributed by atoms with E-state index >= 15 is 0 Å². The van der Waals surface area contributed by atoms with Gasteiger partial charge in [0, 0.05) is 38.0 Å². The highest BCUT2D eigenvalue weighted by Crippen LogP contribution is 2.19. The summed E-state index contributed by atoms with van der Waals surface area (Å²) >= 11 is 0. The smallest absolute Gasteiger partial charge is 0.222 e. The minimum absolute atomic E-state index is 0.219. The number of hydrogen-bond donors (Lipinski definition) is 1. The van der Waals surface area contributed by atoms with Crippen LogP contribution in [0.15, 0.2) is 36.4 Å². The second kappa shape index (κ2) is 6.75. The molecule has 5 heteroatoms. The van der Waals surface area contributed by atoms with Gasteiger partial charge in [-0.05, 0) is 31.2 Å². The molecule has 0 radical (unpaired) electrons. The summed E-state index contributed by atoms with van der Waals surface area (Å²) in [5, 5.41) is 1.15. The predicted octanol–water partition coefficient (Wildman–Crippen LogP) is 1.62. The van der Waals surface area contributed by atoms with E-state index in [9.17, 15) is 4.79 Å². The van der Waals surface area contributed by atoms with Crippen LogP contribution in [0, 0.1) is 0 Å². The zero-order chi connectivity index (χ0) is 15.4. The number of amides is 1. The van der Waals surface area contributed by atoms with Crippen LogP contribution in [0.1, 0.15) is 12.8 Å². The van der Waals surface area contributed by atoms with Crippen molar-refractivity contribution in [1.29, 1.82) is 0 Å². The average molecular weight is 298 g/mol. The summed E-state index contributed by atoms with van der Waals surface area (Å²) in [7, 11) is 0. The Hall–Kier alpha value is -2.14. The molecule has 0 spiro atoms. The number of carbonyl (C=O) groups is 1. The van der Waals surface area contributed by atoms with E-state index in [-0.39, 0.29) is 5.91 Å². The summed E-state index contributed by atoms with van der Waals surface area (Å²) in [6, 6.07) is 12.3. The molecular formula is C17H22N4O. The number of benzene rings is 1. The predicted molar refractivity (Wildman–Crippen MR) is 88.8 cm³/mol. The Labute approximate surface area is 130 Å². The largest absolute Gasteiger partial charge is 0.353 e. The SMILES string of the molecule is NCCCC(=O)N1CCN(c2ccc3ccccc3n2)CC1. The van der Waals surface area contributed by atoms with Gasteiger partial charge in [-0.25, -0.2) is 4.98 Å². The number of nitrogens with two attached hydrogens (primary N) is 1. The first-order valence-electron chi connectivity index (χ1n) is 7.86. The Balaban J connectivity index is 1.63. The number of para-hydroxylation sites is 1. The van der Waals surface area contributed by atoms with Crippen LogP contribution in [0.25, 0.3) is 10.9 Å². The molecule has 1 saturated heterocycles. The zero-order valence-corrected chi connectivity index (χ0v) is 12.7. The standard InChI is InChI=1S/C17H22N4O/c18-9-3-6-17(22)21-12-10-20(11-13-21)16-8-7-14-4-1-2-5-15(14)19-16/h1-2,4-5,7-8H,3,6,9-13,18H2. The molecule has 1 aromatic heterocycles. The molecule has 0 bridgehead atoms. The van der Waals surface area contributed by atoms with Crippen LogP contribution in [0.2, 0.25) is 0 Å². The number of rotatable bonds is 4. The van der Waals surface area contributed by atoms with Crippen molar-refractivity contribution in [3.05, 3.63) is 36.4 Å². The third-order valence-electron chi connectivity index (χ3n) is 4.13. The number of aromatic nitrogens is 1. The minimum Gasteiger partial charge on any atom is -0.353 e. The minimum atomic E-state index is 0.219. The van der Waals surface area contributed by atoms with E-state index in [1.165, 1.54) is 0 Å². The van der Waals surface area contributed by atoms with Gasteiger partial charge in [-0.1, -0.05) is 18.2 Å². The van der Waals surface area contributed by atoms with E-state index in [4.69, 9.17) is 10.7 Å². The first-order chi connectivity index (χ1) is 10.8. The lowest BCUT2D eigenvalue weighted by molar-refractivity contribution is -0.131. The van der Waals surface area contributed by atoms with Crippen LogP contribution < -0.4 is 10.6 Å². The van der Waals surface area contributed by atoms with Gasteiger partial charge in [-0.15, -0.1) is 0 Å². The summed E-state index contributed by atoms with van der Waals surface area (Å²) in [6.45, 7) is 3.77. The van der Waals surface area contributed by atoms with Gasteiger partial charge < -0.3 is 15.5 Å². The molecule has 5 nitrogen and oxygen atoms in total. The van der Waals surface area contributed by atoms with Gasteiger partial charge in [0.2, 0.25) is 5.91 Å². The summed E-state index contributed by atoms with van der Waals surface area (Å²) in [5.41, 5.74) is 6.48. The molecule has 1 aliphatic heterocycles. The maximum atomic E-state index is 12.0. The fourth-order valence-electron chi connectivity index (χ4n) is 2.83. The highest BCUT2D eigenvalue weighted by atomic mass is 16.2. The number of anilines is 1. The summed E-state index contributed by atoms with van der Waals surface area (Å²) < 4.78 is 0.